The van der Waals surface area contributed by atoms with Crippen molar-refractivity contribution in [3.8, 4) is 5.75 Å². The number of benzene rings is 1. The number of nitrogens with zero attached hydrogens (tertiary/aromatic N) is 2. The van der Waals surface area contributed by atoms with Crippen molar-refractivity contribution in [1.29, 1.82) is 0 Å². The van der Waals surface area contributed by atoms with E-state index in [1.54, 1.807) is 7.05 Å². The molecule has 1 aliphatic rings. The minimum absolute atomic E-state index is 0.126. The largest absolute Gasteiger partial charge is 0.493 e. The Morgan fingerprint density at radius 3 is 3.14 bits per heavy atom. The number of fused-ring (bicyclic) bond motifs is 1. The highest BCUT2D eigenvalue weighted by molar-refractivity contribution is 5.77. The molecular formula is C15H17N3O3. The van der Waals surface area contributed by atoms with Gasteiger partial charge in [0.15, 0.2) is 5.82 Å². The molecule has 2 aromatic rings. The predicted molar refractivity (Wildman–Crippen MR) is 75.1 cm³/mol. The van der Waals surface area contributed by atoms with Gasteiger partial charge >= 0.3 is 0 Å². The zero-order chi connectivity index (χ0) is 14.7. The van der Waals surface area contributed by atoms with Gasteiger partial charge in [0.25, 0.3) is 0 Å². The lowest BCUT2D eigenvalue weighted by Crippen LogP contribution is -2.20. The van der Waals surface area contributed by atoms with Gasteiger partial charge in [-0.1, -0.05) is 23.4 Å². The molecule has 1 N–H and O–H groups in total. The fourth-order valence-electron chi connectivity index (χ4n) is 2.52. The van der Waals surface area contributed by atoms with Gasteiger partial charge in [0.2, 0.25) is 11.8 Å². The van der Waals surface area contributed by atoms with Crippen molar-refractivity contribution >= 4 is 5.91 Å². The molecule has 1 aromatic heterocycles. The molecule has 1 aliphatic heterocycles. The summed E-state index contributed by atoms with van der Waals surface area (Å²) in [6.45, 7) is 0.695. The van der Waals surface area contributed by atoms with Crippen LogP contribution >= 0.6 is 0 Å². The lowest BCUT2D eigenvalue weighted by atomic mass is 9.90. The first-order chi connectivity index (χ1) is 10.3. The number of hydrogen-bond acceptors (Lipinski definition) is 5. The first kappa shape index (κ1) is 13.6. The number of para-hydroxylation sites is 1. The van der Waals surface area contributed by atoms with E-state index < -0.39 is 0 Å². The van der Waals surface area contributed by atoms with E-state index >= 15 is 0 Å². The summed E-state index contributed by atoms with van der Waals surface area (Å²) in [6.07, 6.45) is 1.73. The van der Waals surface area contributed by atoms with Crippen molar-refractivity contribution in [3.63, 3.8) is 0 Å². The predicted octanol–water partition coefficient (Wildman–Crippen LogP) is 1.47. The molecule has 110 valence electrons. The van der Waals surface area contributed by atoms with Crippen LogP contribution in [0.25, 0.3) is 0 Å². The molecule has 0 saturated carbocycles. The van der Waals surface area contributed by atoms with Crippen LogP contribution in [-0.4, -0.2) is 29.7 Å². The van der Waals surface area contributed by atoms with E-state index in [1.807, 2.05) is 18.2 Å². The summed E-state index contributed by atoms with van der Waals surface area (Å²) < 4.78 is 10.9. The van der Waals surface area contributed by atoms with Crippen LogP contribution in [0.15, 0.2) is 28.8 Å². The number of nitrogens with one attached hydrogen (secondary N) is 1. The molecule has 3 rings (SSSR count). The van der Waals surface area contributed by atoms with E-state index in [9.17, 15) is 4.79 Å². The molecule has 0 fully saturated rings. The molecule has 0 radical (unpaired) electrons. The van der Waals surface area contributed by atoms with E-state index in [-0.39, 0.29) is 12.3 Å². The highest BCUT2D eigenvalue weighted by Crippen LogP contribution is 2.35. The number of ether oxygens (including phenoxy) is 1. The Balaban J connectivity index is 1.72. The molecule has 6 heteroatoms. The summed E-state index contributed by atoms with van der Waals surface area (Å²) in [5, 5.41) is 6.39. The SMILES string of the molecule is CNC(=O)Cc1noc(C[C@@H]2CCOc3ccccc32)n1. The first-order valence-electron chi connectivity index (χ1n) is 7.00. The van der Waals surface area contributed by atoms with Gasteiger partial charge in [-0.05, 0) is 24.0 Å². The molecular weight excluding hydrogens is 270 g/mol. The van der Waals surface area contributed by atoms with Crippen LogP contribution in [0.2, 0.25) is 0 Å². The fraction of sp³-hybridized carbons (Fsp3) is 0.400. The highest BCUT2D eigenvalue weighted by Gasteiger charge is 2.23. The van der Waals surface area contributed by atoms with Gasteiger partial charge in [-0.3, -0.25) is 4.79 Å². The second-order valence-corrected chi connectivity index (χ2v) is 5.03. The summed E-state index contributed by atoms with van der Waals surface area (Å²) in [7, 11) is 1.59. The average molecular weight is 287 g/mol. The molecule has 0 aliphatic carbocycles. The summed E-state index contributed by atoms with van der Waals surface area (Å²) in [5.74, 6) is 2.10. The zero-order valence-corrected chi connectivity index (χ0v) is 11.8. The number of rotatable bonds is 4. The smallest absolute Gasteiger partial charge is 0.227 e. The van der Waals surface area contributed by atoms with Crippen molar-refractivity contribution in [3.05, 3.63) is 41.5 Å². The third-order valence-corrected chi connectivity index (χ3v) is 3.61. The van der Waals surface area contributed by atoms with Gasteiger partial charge in [0, 0.05) is 13.5 Å². The Kier molecular flexibility index (Phi) is 3.85. The Morgan fingerprint density at radius 1 is 1.43 bits per heavy atom. The second kappa shape index (κ2) is 5.95. The van der Waals surface area contributed by atoms with Crippen LogP contribution in [0, 0.1) is 0 Å². The standard InChI is InChI=1S/C15H17N3O3/c1-16-14(19)9-13-17-15(21-18-13)8-10-6-7-20-12-5-3-2-4-11(10)12/h2-5,10H,6-9H2,1H3,(H,16,19)/t10-/m0/s1. The van der Waals surface area contributed by atoms with E-state index in [0.717, 1.165) is 12.2 Å². The van der Waals surface area contributed by atoms with Gasteiger partial charge in [-0.25, -0.2) is 0 Å². The van der Waals surface area contributed by atoms with Crippen molar-refractivity contribution in [2.24, 2.45) is 0 Å². The molecule has 0 unspecified atom stereocenters. The fourth-order valence-corrected chi connectivity index (χ4v) is 2.52. The van der Waals surface area contributed by atoms with Crippen molar-refractivity contribution < 1.29 is 14.1 Å². The van der Waals surface area contributed by atoms with Crippen molar-refractivity contribution in [1.82, 2.24) is 15.5 Å². The number of carbonyl (C=O) groups is 1. The van der Waals surface area contributed by atoms with E-state index in [0.29, 0.717) is 30.7 Å². The first-order valence-corrected chi connectivity index (χ1v) is 7.00. The van der Waals surface area contributed by atoms with Crippen LogP contribution in [0.4, 0.5) is 0 Å². The molecule has 2 heterocycles. The third kappa shape index (κ3) is 3.04. The van der Waals surface area contributed by atoms with Gasteiger partial charge in [-0.15, -0.1) is 0 Å². The molecule has 6 nitrogen and oxygen atoms in total. The lowest BCUT2D eigenvalue weighted by molar-refractivity contribution is -0.120. The normalized spacial score (nSPS) is 16.9. The Labute approximate surface area is 122 Å². The zero-order valence-electron chi connectivity index (χ0n) is 11.8. The molecule has 1 aromatic carbocycles. The number of amides is 1. The number of hydrogen-bond donors (Lipinski definition) is 1. The molecule has 1 amide bonds. The van der Waals surface area contributed by atoms with Crippen LogP contribution in [0.5, 0.6) is 5.75 Å². The van der Waals surface area contributed by atoms with Gasteiger partial charge in [0.05, 0.1) is 13.0 Å². The Hall–Kier alpha value is -2.37. The maximum Gasteiger partial charge on any atom is 0.227 e. The average Bonchev–Trinajstić information content (AvgIpc) is 2.94. The van der Waals surface area contributed by atoms with Crippen molar-refractivity contribution in [2.45, 2.75) is 25.2 Å². The molecule has 1 atom stereocenters. The number of likely N-dealkylation sites (N-methyl/N-ethyl adjacent to an activating group) is 1. The van der Waals surface area contributed by atoms with E-state index in [2.05, 4.69) is 21.5 Å². The monoisotopic (exact) mass is 287 g/mol. The quantitative estimate of drug-likeness (QED) is 0.921. The minimum atomic E-state index is -0.126. The lowest BCUT2D eigenvalue weighted by Gasteiger charge is -2.24. The van der Waals surface area contributed by atoms with Crippen LogP contribution in [0.3, 0.4) is 0 Å². The van der Waals surface area contributed by atoms with Crippen LogP contribution in [-0.2, 0) is 17.6 Å². The summed E-state index contributed by atoms with van der Waals surface area (Å²) in [5.41, 5.74) is 1.18. The number of carbonyl (C=O) groups excluding carboxylic acids is 1. The van der Waals surface area contributed by atoms with Gasteiger partial charge < -0.3 is 14.6 Å². The van der Waals surface area contributed by atoms with Crippen LogP contribution in [0.1, 0.15) is 29.6 Å². The Morgan fingerprint density at radius 2 is 2.29 bits per heavy atom. The molecule has 0 bridgehead atoms. The molecule has 21 heavy (non-hydrogen) atoms. The summed E-state index contributed by atoms with van der Waals surface area (Å²) >= 11 is 0. The van der Waals surface area contributed by atoms with E-state index in [1.165, 1.54) is 5.56 Å². The Bertz CT molecular complexity index is 639. The summed E-state index contributed by atoms with van der Waals surface area (Å²) in [4.78, 5) is 15.6. The topological polar surface area (TPSA) is 77.2 Å². The molecule has 0 saturated heterocycles. The third-order valence-electron chi connectivity index (χ3n) is 3.61. The van der Waals surface area contributed by atoms with Crippen molar-refractivity contribution in [2.75, 3.05) is 13.7 Å². The molecule has 0 spiro atoms. The minimum Gasteiger partial charge on any atom is -0.493 e. The van der Waals surface area contributed by atoms with Crippen LogP contribution < -0.4 is 10.1 Å². The summed E-state index contributed by atoms with van der Waals surface area (Å²) in [6, 6.07) is 8.02. The van der Waals surface area contributed by atoms with Gasteiger partial charge in [-0.2, -0.15) is 4.98 Å². The maximum atomic E-state index is 11.3. The van der Waals surface area contributed by atoms with Gasteiger partial charge in [0.1, 0.15) is 5.75 Å². The number of aromatic nitrogens is 2. The maximum absolute atomic E-state index is 11.3. The van der Waals surface area contributed by atoms with E-state index in [4.69, 9.17) is 9.26 Å². The highest BCUT2D eigenvalue weighted by atomic mass is 16.5. The second-order valence-electron chi connectivity index (χ2n) is 5.03.